The van der Waals surface area contributed by atoms with Gasteiger partial charge in [-0.15, -0.1) is 5.10 Å². The molecular weight excluding hydrogens is 310 g/mol. The van der Waals surface area contributed by atoms with Crippen molar-refractivity contribution < 1.29 is 0 Å². The van der Waals surface area contributed by atoms with Crippen molar-refractivity contribution in [3.8, 4) is 11.3 Å². The summed E-state index contributed by atoms with van der Waals surface area (Å²) in [7, 11) is 0. The third-order valence-corrected chi connectivity index (χ3v) is 4.14. The van der Waals surface area contributed by atoms with Crippen LogP contribution in [0.1, 0.15) is 5.56 Å². The van der Waals surface area contributed by atoms with Crippen molar-refractivity contribution in [2.75, 3.05) is 0 Å². The van der Waals surface area contributed by atoms with Crippen molar-refractivity contribution in [3.63, 3.8) is 0 Å². The topological polar surface area (TPSA) is 92.6 Å². The van der Waals surface area contributed by atoms with Gasteiger partial charge in [0.15, 0.2) is 0 Å². The maximum Gasteiger partial charge on any atom is 0.211 e. The first-order valence-electron chi connectivity index (χ1n) is 7.94. The highest BCUT2D eigenvalue weighted by Gasteiger charge is 2.11. The van der Waals surface area contributed by atoms with Crippen LogP contribution >= 0.6 is 0 Å². The van der Waals surface area contributed by atoms with Crippen LogP contribution in [0.4, 0.5) is 0 Å². The molecule has 5 N–H and O–H groups in total. The third-order valence-electron chi connectivity index (χ3n) is 4.14. The average molecular weight is 327 g/mol. The molecule has 4 rings (SSSR count). The van der Waals surface area contributed by atoms with Crippen molar-refractivity contribution in [2.24, 2.45) is 21.7 Å². The Kier molecular flexibility index (Phi) is 3.67. The summed E-state index contributed by atoms with van der Waals surface area (Å²) in [5, 5.41) is 11.2. The Hall–Kier alpha value is -3.60. The van der Waals surface area contributed by atoms with E-state index in [1.54, 1.807) is 6.21 Å². The largest absolute Gasteiger partial charge is 0.369 e. The van der Waals surface area contributed by atoms with Crippen LogP contribution in [0.2, 0.25) is 0 Å². The molecule has 0 amide bonds. The van der Waals surface area contributed by atoms with Gasteiger partial charge in [-0.2, -0.15) is 5.10 Å². The number of guanidine groups is 1. The first-order valence-corrected chi connectivity index (χ1v) is 7.94. The van der Waals surface area contributed by atoms with E-state index in [0.717, 1.165) is 27.7 Å². The minimum absolute atomic E-state index is 0.0663. The van der Waals surface area contributed by atoms with Crippen LogP contribution < -0.4 is 11.5 Å². The Morgan fingerprint density at radius 2 is 1.64 bits per heavy atom. The number of hydrogen-bond acceptors (Lipinski definition) is 2. The number of aromatic nitrogens is 1. The summed E-state index contributed by atoms with van der Waals surface area (Å²) >= 11 is 0. The van der Waals surface area contributed by atoms with E-state index in [1.807, 2.05) is 36.4 Å². The maximum absolute atomic E-state index is 5.36. The molecule has 0 aliphatic heterocycles. The van der Waals surface area contributed by atoms with Crippen LogP contribution in [0.5, 0.6) is 0 Å². The highest BCUT2D eigenvalue weighted by Crippen LogP contribution is 2.31. The van der Waals surface area contributed by atoms with Crippen molar-refractivity contribution in [1.29, 1.82) is 0 Å². The number of nitrogens with zero attached hydrogens (tertiary/aromatic N) is 2. The normalized spacial score (nSPS) is 11.4. The van der Waals surface area contributed by atoms with Crippen LogP contribution in [0.3, 0.4) is 0 Å². The van der Waals surface area contributed by atoms with Gasteiger partial charge in [-0.3, -0.25) is 0 Å². The van der Waals surface area contributed by atoms with Crippen LogP contribution in [0, 0.1) is 0 Å². The van der Waals surface area contributed by atoms with E-state index < -0.39 is 0 Å². The second kappa shape index (κ2) is 6.13. The zero-order valence-corrected chi connectivity index (χ0v) is 13.5. The van der Waals surface area contributed by atoms with Gasteiger partial charge in [0.2, 0.25) is 5.96 Å². The summed E-state index contributed by atoms with van der Waals surface area (Å²) in [6, 6.07) is 22.8. The Morgan fingerprint density at radius 1 is 0.880 bits per heavy atom. The summed E-state index contributed by atoms with van der Waals surface area (Å²) in [5.74, 6) is -0.0663. The standard InChI is InChI=1S/C20H17N5/c21-20(22)25-23-12-17-16-7-3-4-8-18(16)24-19(17)15-10-9-13-5-1-2-6-14(13)11-15/h1-12,24H,(H4,21,22,25). The van der Waals surface area contributed by atoms with Crippen LogP contribution in [-0.2, 0) is 0 Å². The lowest BCUT2D eigenvalue weighted by molar-refractivity contribution is 1.22. The van der Waals surface area contributed by atoms with Gasteiger partial charge in [0.25, 0.3) is 0 Å². The van der Waals surface area contributed by atoms with E-state index in [4.69, 9.17) is 11.5 Å². The maximum atomic E-state index is 5.36. The van der Waals surface area contributed by atoms with Crippen molar-refractivity contribution in [2.45, 2.75) is 0 Å². The number of para-hydroxylation sites is 1. The Balaban J connectivity index is 1.93. The molecule has 0 fully saturated rings. The third kappa shape index (κ3) is 2.83. The van der Waals surface area contributed by atoms with Gasteiger partial charge >= 0.3 is 0 Å². The van der Waals surface area contributed by atoms with Gasteiger partial charge in [0.1, 0.15) is 0 Å². The minimum Gasteiger partial charge on any atom is -0.369 e. The van der Waals surface area contributed by atoms with Crippen LogP contribution in [0.15, 0.2) is 76.9 Å². The Labute approximate surface area is 144 Å². The molecule has 0 bridgehead atoms. The van der Waals surface area contributed by atoms with E-state index in [0.29, 0.717) is 0 Å². The fourth-order valence-corrected chi connectivity index (χ4v) is 3.02. The zero-order valence-electron chi connectivity index (χ0n) is 13.5. The Bertz CT molecular complexity index is 1120. The summed E-state index contributed by atoms with van der Waals surface area (Å²) in [5.41, 5.74) is 14.8. The average Bonchev–Trinajstić information content (AvgIpc) is 3.00. The number of hydrogen-bond donors (Lipinski definition) is 3. The predicted molar refractivity (Wildman–Crippen MR) is 105 cm³/mol. The lowest BCUT2D eigenvalue weighted by Gasteiger charge is -2.04. The van der Waals surface area contributed by atoms with Gasteiger partial charge in [-0.05, 0) is 28.5 Å². The lowest BCUT2D eigenvalue weighted by atomic mass is 10.0. The first-order chi connectivity index (χ1) is 12.2. The summed E-state index contributed by atoms with van der Waals surface area (Å²) in [6.07, 6.45) is 1.68. The number of aromatic amines is 1. The van der Waals surface area contributed by atoms with Gasteiger partial charge in [-0.1, -0.05) is 54.6 Å². The second-order valence-corrected chi connectivity index (χ2v) is 5.79. The first kappa shape index (κ1) is 15.0. The minimum atomic E-state index is -0.0663. The van der Waals surface area contributed by atoms with E-state index in [9.17, 15) is 0 Å². The van der Waals surface area contributed by atoms with Gasteiger partial charge in [-0.25, -0.2) is 0 Å². The predicted octanol–water partition coefficient (Wildman–Crippen LogP) is 3.60. The molecule has 0 saturated heterocycles. The number of H-pyrrole nitrogens is 1. The number of rotatable bonds is 3. The lowest BCUT2D eigenvalue weighted by Crippen LogP contribution is -2.21. The molecule has 0 aliphatic carbocycles. The SMILES string of the molecule is NC(N)=NN=Cc1c(-c2ccc3ccccc3c2)[nH]c2ccccc12. The summed E-state index contributed by atoms with van der Waals surface area (Å²) in [6.45, 7) is 0. The molecule has 0 spiro atoms. The van der Waals surface area contributed by atoms with E-state index >= 15 is 0 Å². The van der Waals surface area contributed by atoms with Crippen LogP contribution in [-0.4, -0.2) is 17.2 Å². The summed E-state index contributed by atoms with van der Waals surface area (Å²) in [4.78, 5) is 3.48. The molecule has 0 radical (unpaired) electrons. The van der Waals surface area contributed by atoms with Crippen LogP contribution in [0.25, 0.3) is 32.9 Å². The monoisotopic (exact) mass is 327 g/mol. The zero-order chi connectivity index (χ0) is 17.2. The molecule has 3 aromatic carbocycles. The fourth-order valence-electron chi connectivity index (χ4n) is 3.02. The van der Waals surface area contributed by atoms with Gasteiger partial charge < -0.3 is 16.5 Å². The second-order valence-electron chi connectivity index (χ2n) is 5.79. The molecule has 5 nitrogen and oxygen atoms in total. The number of nitrogens with two attached hydrogens (primary N) is 2. The molecule has 0 unspecified atom stereocenters. The molecule has 0 aliphatic rings. The fraction of sp³-hybridized carbons (Fsp3) is 0. The number of nitrogens with one attached hydrogen (secondary N) is 1. The molecule has 5 heteroatoms. The molecule has 0 atom stereocenters. The quantitative estimate of drug-likeness (QED) is 0.305. The van der Waals surface area contributed by atoms with Gasteiger partial charge in [0.05, 0.1) is 11.9 Å². The molecule has 25 heavy (non-hydrogen) atoms. The molecule has 0 saturated carbocycles. The smallest absolute Gasteiger partial charge is 0.211 e. The molecule has 122 valence electrons. The van der Waals surface area contributed by atoms with E-state index in [-0.39, 0.29) is 5.96 Å². The number of benzene rings is 3. The van der Waals surface area contributed by atoms with Gasteiger partial charge in [0, 0.05) is 16.5 Å². The Morgan fingerprint density at radius 3 is 2.48 bits per heavy atom. The van der Waals surface area contributed by atoms with Crippen molar-refractivity contribution in [1.82, 2.24) is 4.98 Å². The number of fused-ring (bicyclic) bond motifs is 2. The van der Waals surface area contributed by atoms with E-state index in [2.05, 4.69) is 45.5 Å². The molecule has 1 aromatic heterocycles. The van der Waals surface area contributed by atoms with Crippen molar-refractivity contribution >= 4 is 33.8 Å². The molecular formula is C20H17N5. The van der Waals surface area contributed by atoms with Crippen molar-refractivity contribution in [3.05, 3.63) is 72.3 Å². The highest BCUT2D eigenvalue weighted by molar-refractivity contribution is 6.06. The highest BCUT2D eigenvalue weighted by atomic mass is 15.3. The summed E-state index contributed by atoms with van der Waals surface area (Å²) < 4.78 is 0. The van der Waals surface area contributed by atoms with E-state index in [1.165, 1.54) is 10.8 Å². The molecule has 4 aromatic rings. The molecule has 1 heterocycles.